The summed E-state index contributed by atoms with van der Waals surface area (Å²) in [6, 6.07) is 0. The molecular weight excluding hydrogens is 174 g/mol. The molecule has 0 aromatic carbocycles. The van der Waals surface area contributed by atoms with E-state index in [0.29, 0.717) is 6.10 Å². The monoisotopic (exact) mass is 199 g/mol. The average Bonchev–Trinajstić information content (AvgIpc) is 2.21. The molecule has 0 fully saturated rings. The summed E-state index contributed by atoms with van der Waals surface area (Å²) in [6.45, 7) is 8.26. The largest absolute Gasteiger partial charge is 0.374 e. The first-order chi connectivity index (χ1) is 6.74. The molecule has 0 aromatic heterocycles. The Labute approximate surface area is 88.7 Å². The van der Waals surface area contributed by atoms with Crippen molar-refractivity contribution in [3.05, 3.63) is 11.6 Å². The number of allylic oxidation sites excluding steroid dienone is 1. The average molecular weight is 199 g/mol. The minimum Gasteiger partial charge on any atom is -0.374 e. The molecule has 84 valence electrons. The predicted molar refractivity (Wildman–Crippen MR) is 62.6 cm³/mol. The van der Waals surface area contributed by atoms with Gasteiger partial charge >= 0.3 is 0 Å². The highest BCUT2D eigenvalue weighted by molar-refractivity contribution is 5.00. The molecule has 1 N–H and O–H groups in total. The minimum absolute atomic E-state index is 0.356. The third kappa shape index (κ3) is 7.10. The van der Waals surface area contributed by atoms with E-state index in [9.17, 15) is 0 Å². The van der Waals surface area contributed by atoms with E-state index in [0.717, 1.165) is 26.0 Å². The molecule has 0 aliphatic heterocycles. The van der Waals surface area contributed by atoms with E-state index >= 15 is 0 Å². The maximum Gasteiger partial charge on any atom is 0.0680 e. The van der Waals surface area contributed by atoms with E-state index in [1.165, 1.54) is 12.0 Å². The smallest absolute Gasteiger partial charge is 0.0680 e. The zero-order chi connectivity index (χ0) is 10.8. The Morgan fingerprint density at radius 3 is 2.71 bits per heavy atom. The topological polar surface area (TPSA) is 21.3 Å². The van der Waals surface area contributed by atoms with E-state index in [2.05, 4.69) is 32.2 Å². The number of hydrogen-bond acceptors (Lipinski definition) is 2. The highest BCUT2D eigenvalue weighted by atomic mass is 16.5. The molecule has 0 aliphatic carbocycles. The Kier molecular flexibility index (Phi) is 9.00. The second-order valence-electron chi connectivity index (χ2n) is 3.71. The van der Waals surface area contributed by atoms with Gasteiger partial charge in [0, 0.05) is 0 Å². The predicted octanol–water partition coefficient (Wildman–Crippen LogP) is 2.75. The fraction of sp³-hybridized carbons (Fsp3) is 0.833. The minimum atomic E-state index is 0.356. The van der Waals surface area contributed by atoms with Gasteiger partial charge in [-0.05, 0) is 45.9 Å². The van der Waals surface area contributed by atoms with Gasteiger partial charge in [0.15, 0.2) is 0 Å². The van der Waals surface area contributed by atoms with E-state index in [1.807, 2.05) is 7.05 Å². The number of hydrogen-bond donors (Lipinski definition) is 1. The SMILES string of the molecule is C/C=C(\CCC)COC(C)CCNC. The van der Waals surface area contributed by atoms with Gasteiger partial charge in [0.1, 0.15) is 0 Å². The maximum atomic E-state index is 5.74. The fourth-order valence-corrected chi connectivity index (χ4v) is 1.30. The molecule has 2 heteroatoms. The Bertz CT molecular complexity index is 154. The van der Waals surface area contributed by atoms with Crippen molar-refractivity contribution in [3.8, 4) is 0 Å². The lowest BCUT2D eigenvalue weighted by atomic mass is 10.1. The summed E-state index contributed by atoms with van der Waals surface area (Å²) >= 11 is 0. The van der Waals surface area contributed by atoms with E-state index in [-0.39, 0.29) is 0 Å². The van der Waals surface area contributed by atoms with Gasteiger partial charge in [0.05, 0.1) is 12.7 Å². The molecule has 0 aliphatic rings. The molecule has 14 heavy (non-hydrogen) atoms. The molecule has 2 nitrogen and oxygen atoms in total. The molecule has 0 saturated heterocycles. The van der Waals surface area contributed by atoms with Crippen LogP contribution in [0.3, 0.4) is 0 Å². The molecular formula is C12H25NO. The molecule has 0 amide bonds. The van der Waals surface area contributed by atoms with Crippen LogP contribution >= 0.6 is 0 Å². The first kappa shape index (κ1) is 13.7. The lowest BCUT2D eigenvalue weighted by Crippen LogP contribution is -2.18. The molecule has 0 saturated carbocycles. The number of ether oxygens (including phenoxy) is 1. The zero-order valence-electron chi connectivity index (χ0n) is 10.1. The maximum absolute atomic E-state index is 5.74. The summed E-state index contributed by atoms with van der Waals surface area (Å²) in [7, 11) is 1.97. The van der Waals surface area contributed by atoms with Gasteiger partial charge in [-0.3, -0.25) is 0 Å². The van der Waals surface area contributed by atoms with Crippen molar-refractivity contribution in [3.63, 3.8) is 0 Å². The third-order valence-corrected chi connectivity index (χ3v) is 2.33. The molecule has 0 aromatic rings. The molecule has 0 heterocycles. The van der Waals surface area contributed by atoms with Gasteiger partial charge < -0.3 is 10.1 Å². The highest BCUT2D eigenvalue weighted by Gasteiger charge is 2.02. The lowest BCUT2D eigenvalue weighted by molar-refractivity contribution is 0.0762. The van der Waals surface area contributed by atoms with Crippen LogP contribution in [0.2, 0.25) is 0 Å². The molecule has 0 spiro atoms. The summed E-state index contributed by atoms with van der Waals surface area (Å²) < 4.78 is 5.74. The van der Waals surface area contributed by atoms with Crippen LogP contribution in [0, 0.1) is 0 Å². The van der Waals surface area contributed by atoms with Crippen molar-refractivity contribution in [2.45, 2.75) is 46.1 Å². The van der Waals surface area contributed by atoms with Crippen molar-refractivity contribution in [2.75, 3.05) is 20.2 Å². The van der Waals surface area contributed by atoms with Gasteiger partial charge in [0.2, 0.25) is 0 Å². The van der Waals surface area contributed by atoms with Gasteiger partial charge in [0.25, 0.3) is 0 Å². The first-order valence-corrected chi connectivity index (χ1v) is 5.64. The van der Waals surface area contributed by atoms with E-state index in [1.54, 1.807) is 0 Å². The van der Waals surface area contributed by atoms with Crippen molar-refractivity contribution in [1.29, 1.82) is 0 Å². The van der Waals surface area contributed by atoms with Crippen molar-refractivity contribution < 1.29 is 4.74 Å². The third-order valence-electron chi connectivity index (χ3n) is 2.33. The highest BCUT2D eigenvalue weighted by Crippen LogP contribution is 2.07. The number of nitrogens with one attached hydrogen (secondary N) is 1. The quantitative estimate of drug-likeness (QED) is 0.607. The molecule has 1 unspecified atom stereocenters. The summed E-state index contributed by atoms with van der Waals surface area (Å²) in [6.07, 6.45) is 5.98. The Morgan fingerprint density at radius 2 is 2.21 bits per heavy atom. The summed E-state index contributed by atoms with van der Waals surface area (Å²) in [5, 5.41) is 3.13. The van der Waals surface area contributed by atoms with Crippen LogP contribution in [-0.2, 0) is 4.74 Å². The first-order valence-electron chi connectivity index (χ1n) is 5.64. The van der Waals surface area contributed by atoms with Gasteiger partial charge in [-0.2, -0.15) is 0 Å². The van der Waals surface area contributed by atoms with Gasteiger partial charge in [-0.25, -0.2) is 0 Å². The van der Waals surface area contributed by atoms with Crippen LogP contribution in [0.1, 0.15) is 40.0 Å². The Morgan fingerprint density at radius 1 is 1.50 bits per heavy atom. The van der Waals surface area contributed by atoms with Crippen LogP contribution in [0.4, 0.5) is 0 Å². The van der Waals surface area contributed by atoms with Crippen LogP contribution in [-0.4, -0.2) is 26.3 Å². The van der Waals surface area contributed by atoms with E-state index < -0.39 is 0 Å². The van der Waals surface area contributed by atoms with Gasteiger partial charge in [-0.15, -0.1) is 0 Å². The van der Waals surface area contributed by atoms with Crippen LogP contribution in [0.5, 0.6) is 0 Å². The Hall–Kier alpha value is -0.340. The Balaban J connectivity index is 3.58. The van der Waals surface area contributed by atoms with Crippen LogP contribution in [0.15, 0.2) is 11.6 Å². The zero-order valence-corrected chi connectivity index (χ0v) is 10.1. The fourth-order valence-electron chi connectivity index (χ4n) is 1.30. The molecule has 0 bridgehead atoms. The van der Waals surface area contributed by atoms with Gasteiger partial charge in [-0.1, -0.05) is 19.4 Å². The summed E-state index contributed by atoms with van der Waals surface area (Å²) in [4.78, 5) is 0. The van der Waals surface area contributed by atoms with Crippen molar-refractivity contribution >= 4 is 0 Å². The van der Waals surface area contributed by atoms with E-state index in [4.69, 9.17) is 4.74 Å². The summed E-state index contributed by atoms with van der Waals surface area (Å²) in [5.74, 6) is 0. The molecule has 0 rings (SSSR count). The van der Waals surface area contributed by atoms with Crippen LogP contribution < -0.4 is 5.32 Å². The molecule has 1 atom stereocenters. The summed E-state index contributed by atoms with van der Waals surface area (Å²) in [5.41, 5.74) is 1.42. The van der Waals surface area contributed by atoms with Crippen molar-refractivity contribution in [1.82, 2.24) is 5.32 Å². The number of rotatable bonds is 8. The van der Waals surface area contributed by atoms with Crippen LogP contribution in [0.25, 0.3) is 0 Å². The lowest BCUT2D eigenvalue weighted by Gasteiger charge is -2.14. The molecule has 0 radical (unpaired) electrons. The van der Waals surface area contributed by atoms with Crippen molar-refractivity contribution in [2.24, 2.45) is 0 Å². The second-order valence-corrected chi connectivity index (χ2v) is 3.71. The normalized spacial score (nSPS) is 14.4. The standard InChI is InChI=1S/C12H25NO/c1-5-7-12(6-2)10-14-11(3)8-9-13-4/h6,11,13H,5,7-10H2,1-4H3/b12-6+. The second kappa shape index (κ2) is 9.22.